The quantitative estimate of drug-likeness (QED) is 0.786. The topological polar surface area (TPSA) is 60.2 Å². The number of hydrogen-bond donors (Lipinski definition) is 0. The number of rotatable bonds is 1. The van der Waals surface area contributed by atoms with Gasteiger partial charge in [0.05, 0.1) is 17.2 Å². The van der Waals surface area contributed by atoms with Crippen LogP contribution in [0.2, 0.25) is 0 Å². The van der Waals surface area contributed by atoms with E-state index in [1.165, 1.54) is 0 Å². The Kier molecular flexibility index (Phi) is 2.66. The van der Waals surface area contributed by atoms with Crippen molar-refractivity contribution in [3.05, 3.63) is 16.8 Å². The van der Waals surface area contributed by atoms with Gasteiger partial charge in [-0.2, -0.15) is 0 Å². The van der Waals surface area contributed by atoms with Gasteiger partial charge in [-0.1, -0.05) is 0 Å². The van der Waals surface area contributed by atoms with Gasteiger partial charge in [0.25, 0.3) is 4.80 Å². The van der Waals surface area contributed by atoms with E-state index < -0.39 is 9.84 Å². The fraction of sp³-hybridized carbons (Fsp3) is 0.625. The first kappa shape index (κ1) is 10.2. The van der Waals surface area contributed by atoms with E-state index in [4.69, 9.17) is 4.42 Å². The fourth-order valence-electron chi connectivity index (χ4n) is 1.64. The lowest BCUT2D eigenvalue weighted by Gasteiger charge is -2.19. The van der Waals surface area contributed by atoms with Gasteiger partial charge >= 0.3 is 0 Å². The highest BCUT2D eigenvalue weighted by Crippen LogP contribution is 2.29. The minimum atomic E-state index is -2.79. The summed E-state index contributed by atoms with van der Waals surface area (Å²) in [7, 11) is -2.79. The highest BCUT2D eigenvalue weighted by Gasteiger charge is 2.26. The standard InChI is InChI=1S/C8H10BrNO3S/c9-8-10-7(5-13-8)6-1-3-14(11,12)4-2-6/h5-6H,1-4H2. The van der Waals surface area contributed by atoms with Crippen molar-refractivity contribution >= 4 is 25.8 Å². The number of sulfone groups is 1. The molecule has 0 N–H and O–H groups in total. The van der Waals surface area contributed by atoms with Crippen molar-refractivity contribution in [3.63, 3.8) is 0 Å². The molecule has 0 aliphatic carbocycles. The summed E-state index contributed by atoms with van der Waals surface area (Å²) in [6, 6.07) is 0. The largest absolute Gasteiger partial charge is 0.439 e. The Hall–Kier alpha value is -0.360. The van der Waals surface area contributed by atoms with E-state index in [-0.39, 0.29) is 17.4 Å². The lowest BCUT2D eigenvalue weighted by molar-refractivity contribution is 0.520. The Bertz CT molecular complexity index is 412. The SMILES string of the molecule is O=S1(=O)CCC(c2coc(Br)n2)CC1. The van der Waals surface area contributed by atoms with Crippen LogP contribution in [-0.2, 0) is 9.84 Å². The Balaban J connectivity index is 2.09. The molecule has 0 saturated carbocycles. The molecule has 0 unspecified atom stereocenters. The van der Waals surface area contributed by atoms with Crippen LogP contribution in [0.5, 0.6) is 0 Å². The number of nitrogens with zero attached hydrogens (tertiary/aromatic N) is 1. The van der Waals surface area contributed by atoms with E-state index in [0.29, 0.717) is 17.6 Å². The second kappa shape index (κ2) is 3.66. The summed E-state index contributed by atoms with van der Waals surface area (Å²) in [4.78, 5) is 4.60. The molecule has 14 heavy (non-hydrogen) atoms. The predicted octanol–water partition coefficient (Wildman–Crippen LogP) is 1.73. The van der Waals surface area contributed by atoms with Crippen molar-refractivity contribution in [2.75, 3.05) is 11.5 Å². The molecule has 6 heteroatoms. The highest BCUT2D eigenvalue weighted by molar-refractivity contribution is 9.10. The number of oxazole rings is 1. The van der Waals surface area contributed by atoms with Crippen LogP contribution in [0.15, 0.2) is 15.5 Å². The molecule has 0 aromatic carbocycles. The average Bonchev–Trinajstić information content (AvgIpc) is 2.52. The number of aromatic nitrogens is 1. The van der Waals surface area contributed by atoms with Crippen molar-refractivity contribution in [3.8, 4) is 0 Å². The van der Waals surface area contributed by atoms with Crippen LogP contribution in [0.25, 0.3) is 0 Å². The average molecular weight is 280 g/mol. The zero-order valence-corrected chi connectivity index (χ0v) is 9.84. The van der Waals surface area contributed by atoms with E-state index in [0.717, 1.165) is 5.69 Å². The Morgan fingerprint density at radius 3 is 2.57 bits per heavy atom. The maximum absolute atomic E-state index is 11.2. The molecule has 4 nitrogen and oxygen atoms in total. The third kappa shape index (κ3) is 2.17. The Morgan fingerprint density at radius 2 is 2.07 bits per heavy atom. The van der Waals surface area contributed by atoms with Crippen molar-refractivity contribution in [2.24, 2.45) is 0 Å². The Labute approximate surface area is 90.8 Å². The molecule has 1 aromatic rings. The van der Waals surface area contributed by atoms with Crippen LogP contribution in [0, 0.1) is 0 Å². The van der Waals surface area contributed by atoms with E-state index in [1.807, 2.05) is 0 Å². The van der Waals surface area contributed by atoms with Crippen molar-refractivity contribution in [1.82, 2.24) is 4.98 Å². The van der Waals surface area contributed by atoms with Gasteiger partial charge < -0.3 is 4.42 Å². The van der Waals surface area contributed by atoms with Crippen LogP contribution in [0.1, 0.15) is 24.5 Å². The molecule has 2 heterocycles. The molecule has 0 spiro atoms. The molecular formula is C8H10BrNO3S. The smallest absolute Gasteiger partial charge is 0.264 e. The summed E-state index contributed by atoms with van der Waals surface area (Å²) < 4.78 is 27.4. The minimum absolute atomic E-state index is 0.230. The third-order valence-electron chi connectivity index (χ3n) is 2.47. The lowest BCUT2D eigenvalue weighted by Crippen LogP contribution is -2.22. The molecule has 2 rings (SSSR count). The molecule has 1 aliphatic heterocycles. The molecular weight excluding hydrogens is 270 g/mol. The molecule has 1 aromatic heterocycles. The maximum atomic E-state index is 11.2. The van der Waals surface area contributed by atoms with Crippen LogP contribution in [-0.4, -0.2) is 24.9 Å². The zero-order chi connectivity index (χ0) is 10.2. The molecule has 0 radical (unpaired) electrons. The minimum Gasteiger partial charge on any atom is -0.439 e. The molecule has 0 atom stereocenters. The molecule has 78 valence electrons. The van der Waals surface area contributed by atoms with Gasteiger partial charge in [0.2, 0.25) is 0 Å². The zero-order valence-electron chi connectivity index (χ0n) is 7.44. The molecule has 1 saturated heterocycles. The molecule has 1 fully saturated rings. The fourth-order valence-corrected chi connectivity index (χ4v) is 3.43. The summed E-state index contributed by atoms with van der Waals surface area (Å²) >= 11 is 3.13. The van der Waals surface area contributed by atoms with E-state index in [1.54, 1.807) is 6.26 Å². The predicted molar refractivity (Wildman–Crippen MR) is 54.8 cm³/mol. The van der Waals surface area contributed by atoms with Gasteiger partial charge in [-0.15, -0.1) is 0 Å². The van der Waals surface area contributed by atoms with Gasteiger partial charge in [-0.3, -0.25) is 0 Å². The summed E-state index contributed by atoms with van der Waals surface area (Å²) in [6.07, 6.45) is 2.90. The van der Waals surface area contributed by atoms with Crippen molar-refractivity contribution < 1.29 is 12.8 Å². The number of halogens is 1. The maximum Gasteiger partial charge on any atom is 0.264 e. The van der Waals surface area contributed by atoms with E-state index in [2.05, 4.69) is 20.9 Å². The van der Waals surface area contributed by atoms with Crippen LogP contribution in [0.4, 0.5) is 0 Å². The van der Waals surface area contributed by atoms with E-state index in [9.17, 15) is 8.42 Å². The normalized spacial score (nSPS) is 22.4. The molecule has 1 aliphatic rings. The first-order valence-corrected chi connectivity index (χ1v) is 6.99. The first-order chi connectivity index (χ1) is 6.57. The monoisotopic (exact) mass is 279 g/mol. The van der Waals surface area contributed by atoms with Crippen molar-refractivity contribution in [1.29, 1.82) is 0 Å². The van der Waals surface area contributed by atoms with Gasteiger partial charge in [-0.05, 0) is 12.8 Å². The van der Waals surface area contributed by atoms with Crippen LogP contribution >= 0.6 is 15.9 Å². The van der Waals surface area contributed by atoms with Gasteiger partial charge in [0.1, 0.15) is 16.1 Å². The first-order valence-electron chi connectivity index (χ1n) is 4.38. The second-order valence-electron chi connectivity index (χ2n) is 3.45. The summed E-state index contributed by atoms with van der Waals surface area (Å²) in [6.45, 7) is 0. The summed E-state index contributed by atoms with van der Waals surface area (Å²) in [5, 5.41) is 0. The summed E-state index contributed by atoms with van der Waals surface area (Å²) in [5.41, 5.74) is 0.853. The lowest BCUT2D eigenvalue weighted by atomic mass is 10.00. The number of hydrogen-bond acceptors (Lipinski definition) is 4. The second-order valence-corrected chi connectivity index (χ2v) is 6.43. The molecule has 0 amide bonds. The molecule has 0 bridgehead atoms. The van der Waals surface area contributed by atoms with Gasteiger partial charge in [0, 0.05) is 21.8 Å². The Morgan fingerprint density at radius 1 is 1.43 bits per heavy atom. The van der Waals surface area contributed by atoms with Gasteiger partial charge in [-0.25, -0.2) is 13.4 Å². The van der Waals surface area contributed by atoms with Crippen molar-refractivity contribution in [2.45, 2.75) is 18.8 Å². The van der Waals surface area contributed by atoms with Gasteiger partial charge in [0.15, 0.2) is 0 Å². The van der Waals surface area contributed by atoms with Crippen LogP contribution < -0.4 is 0 Å². The summed E-state index contributed by atoms with van der Waals surface area (Å²) in [5.74, 6) is 0.762. The van der Waals surface area contributed by atoms with E-state index >= 15 is 0 Å². The third-order valence-corrected chi connectivity index (χ3v) is 4.55. The van der Waals surface area contributed by atoms with Crippen LogP contribution in [0.3, 0.4) is 0 Å². The highest BCUT2D eigenvalue weighted by atomic mass is 79.9.